The Morgan fingerprint density at radius 3 is 2.81 bits per heavy atom. The summed E-state index contributed by atoms with van der Waals surface area (Å²) in [5, 5.41) is 9.09. The molecule has 2 fully saturated rings. The molecule has 0 radical (unpaired) electrons. The molecule has 0 aliphatic carbocycles. The topological polar surface area (TPSA) is 82.3 Å². The fraction of sp³-hybridized carbons (Fsp3) is 0.571. The summed E-state index contributed by atoms with van der Waals surface area (Å²) in [5.41, 5.74) is 0.317. The van der Waals surface area contributed by atoms with Gasteiger partial charge in [-0.1, -0.05) is 0 Å². The van der Waals surface area contributed by atoms with Gasteiger partial charge in [0.15, 0.2) is 11.5 Å². The van der Waals surface area contributed by atoms with Crippen LogP contribution in [0.3, 0.4) is 0 Å². The Morgan fingerprint density at radius 2 is 2.05 bits per heavy atom. The average molecular weight is 287 g/mol. The number of nitrogens with zero attached hydrogens (tertiary/aromatic N) is 5. The van der Waals surface area contributed by atoms with Crippen molar-refractivity contribution < 1.29 is 9.53 Å². The maximum Gasteiger partial charge on any atom is 0.227 e. The predicted molar refractivity (Wildman–Crippen MR) is 74.5 cm³/mol. The van der Waals surface area contributed by atoms with Crippen LogP contribution in [0.4, 0.5) is 5.82 Å². The maximum absolute atomic E-state index is 12.5. The van der Waals surface area contributed by atoms with Gasteiger partial charge in [0.25, 0.3) is 0 Å². The summed E-state index contributed by atoms with van der Waals surface area (Å²) >= 11 is 0. The minimum Gasteiger partial charge on any atom is -0.378 e. The number of carbonyl (C=O) groups excluding carboxylic acids is 1. The first-order valence-electron chi connectivity index (χ1n) is 7.12. The van der Waals surface area contributed by atoms with E-state index in [0.717, 1.165) is 13.0 Å². The molecule has 110 valence electrons. The third kappa shape index (κ3) is 2.81. The first-order chi connectivity index (χ1) is 10.3. The zero-order valence-electron chi connectivity index (χ0n) is 11.7. The number of nitriles is 1. The lowest BCUT2D eigenvalue weighted by Gasteiger charge is -2.29. The van der Waals surface area contributed by atoms with E-state index in [1.54, 1.807) is 6.20 Å². The summed E-state index contributed by atoms with van der Waals surface area (Å²) in [7, 11) is 0. The van der Waals surface area contributed by atoms with Crippen LogP contribution in [0.2, 0.25) is 0 Å². The molecule has 0 saturated carbocycles. The van der Waals surface area contributed by atoms with E-state index in [9.17, 15) is 4.79 Å². The largest absolute Gasteiger partial charge is 0.378 e. The van der Waals surface area contributed by atoms with Crippen LogP contribution in [-0.4, -0.2) is 60.2 Å². The van der Waals surface area contributed by atoms with Crippen LogP contribution in [0.25, 0.3) is 0 Å². The zero-order chi connectivity index (χ0) is 14.7. The second-order valence-corrected chi connectivity index (χ2v) is 5.21. The quantitative estimate of drug-likeness (QED) is 0.763. The Balaban J connectivity index is 1.68. The highest BCUT2D eigenvalue weighted by Crippen LogP contribution is 2.25. The van der Waals surface area contributed by atoms with Crippen LogP contribution in [0.1, 0.15) is 12.1 Å². The normalized spacial score (nSPS) is 22.1. The van der Waals surface area contributed by atoms with Crippen LogP contribution in [0.15, 0.2) is 12.4 Å². The van der Waals surface area contributed by atoms with Crippen molar-refractivity contribution in [1.82, 2.24) is 14.9 Å². The molecule has 0 bridgehead atoms. The molecular formula is C14H17N5O2. The van der Waals surface area contributed by atoms with Gasteiger partial charge in [0.1, 0.15) is 6.07 Å². The van der Waals surface area contributed by atoms with Gasteiger partial charge in [0.05, 0.1) is 19.1 Å². The fourth-order valence-electron chi connectivity index (χ4n) is 2.84. The molecule has 21 heavy (non-hydrogen) atoms. The van der Waals surface area contributed by atoms with E-state index < -0.39 is 0 Å². The molecule has 1 amide bonds. The minimum atomic E-state index is -0.0309. The van der Waals surface area contributed by atoms with Gasteiger partial charge in [0.2, 0.25) is 5.91 Å². The summed E-state index contributed by atoms with van der Waals surface area (Å²) in [5.74, 6) is 0.733. The highest BCUT2D eigenvalue weighted by atomic mass is 16.5. The molecule has 1 atom stereocenters. The summed E-state index contributed by atoms with van der Waals surface area (Å²) in [4.78, 5) is 24.6. The van der Waals surface area contributed by atoms with E-state index >= 15 is 0 Å². The number of aromatic nitrogens is 2. The fourth-order valence-corrected chi connectivity index (χ4v) is 2.84. The molecule has 2 saturated heterocycles. The van der Waals surface area contributed by atoms with Gasteiger partial charge < -0.3 is 14.5 Å². The molecule has 1 aromatic heterocycles. The number of ether oxygens (including phenoxy) is 1. The van der Waals surface area contributed by atoms with E-state index in [1.165, 1.54) is 6.20 Å². The summed E-state index contributed by atoms with van der Waals surface area (Å²) < 4.78 is 5.27. The lowest BCUT2D eigenvalue weighted by Crippen LogP contribution is -2.44. The molecule has 0 spiro atoms. The van der Waals surface area contributed by atoms with Crippen molar-refractivity contribution in [3.8, 4) is 6.07 Å². The highest BCUT2D eigenvalue weighted by Gasteiger charge is 2.33. The lowest BCUT2D eigenvalue weighted by molar-refractivity contribution is -0.138. The van der Waals surface area contributed by atoms with Gasteiger partial charge in [-0.05, 0) is 6.42 Å². The van der Waals surface area contributed by atoms with E-state index in [2.05, 4.69) is 16.0 Å². The van der Waals surface area contributed by atoms with Crippen LogP contribution >= 0.6 is 0 Å². The van der Waals surface area contributed by atoms with E-state index in [1.807, 2.05) is 9.80 Å². The van der Waals surface area contributed by atoms with E-state index in [4.69, 9.17) is 10.00 Å². The van der Waals surface area contributed by atoms with Gasteiger partial charge in [-0.2, -0.15) is 5.26 Å². The molecule has 1 aromatic rings. The molecule has 2 aliphatic rings. The highest BCUT2D eigenvalue weighted by molar-refractivity contribution is 5.80. The number of hydrogen-bond acceptors (Lipinski definition) is 6. The van der Waals surface area contributed by atoms with Crippen LogP contribution < -0.4 is 4.90 Å². The molecular weight excluding hydrogens is 270 g/mol. The van der Waals surface area contributed by atoms with E-state index in [-0.39, 0.29) is 11.8 Å². The van der Waals surface area contributed by atoms with Crippen molar-refractivity contribution in [2.24, 2.45) is 5.92 Å². The Morgan fingerprint density at radius 1 is 1.29 bits per heavy atom. The third-order valence-corrected chi connectivity index (χ3v) is 3.94. The second kappa shape index (κ2) is 6.06. The van der Waals surface area contributed by atoms with E-state index in [0.29, 0.717) is 44.4 Å². The zero-order valence-corrected chi connectivity index (χ0v) is 11.7. The SMILES string of the molecule is N#Cc1nccnc1N1CCC(C(=O)N2CCOCC2)C1. The summed E-state index contributed by atoms with van der Waals surface area (Å²) in [6.45, 7) is 3.90. The molecule has 3 heterocycles. The van der Waals surface area contributed by atoms with Crippen LogP contribution in [0, 0.1) is 17.2 Å². The Hall–Kier alpha value is -2.20. The number of rotatable bonds is 2. The van der Waals surface area contributed by atoms with Gasteiger partial charge in [-0.25, -0.2) is 9.97 Å². The molecule has 1 unspecified atom stereocenters. The third-order valence-electron chi connectivity index (χ3n) is 3.94. The number of amides is 1. The van der Waals surface area contributed by atoms with Gasteiger partial charge in [0, 0.05) is 38.6 Å². The predicted octanol–water partition coefficient (Wildman–Crippen LogP) is 0.0334. The van der Waals surface area contributed by atoms with Crippen molar-refractivity contribution in [3.05, 3.63) is 18.1 Å². The number of morpholine rings is 1. The van der Waals surface area contributed by atoms with Crippen molar-refractivity contribution in [2.75, 3.05) is 44.3 Å². The standard InChI is InChI=1S/C14H17N5O2/c15-9-12-13(17-3-2-16-12)19-4-1-11(10-19)14(20)18-5-7-21-8-6-18/h2-3,11H,1,4-8,10H2. The molecule has 0 N–H and O–H groups in total. The smallest absolute Gasteiger partial charge is 0.227 e. The lowest BCUT2D eigenvalue weighted by atomic mass is 10.1. The molecule has 7 heteroatoms. The Labute approximate surface area is 123 Å². The van der Waals surface area contributed by atoms with Crippen molar-refractivity contribution in [2.45, 2.75) is 6.42 Å². The van der Waals surface area contributed by atoms with Gasteiger partial charge >= 0.3 is 0 Å². The van der Waals surface area contributed by atoms with Gasteiger partial charge in [-0.3, -0.25) is 4.79 Å². The minimum absolute atomic E-state index is 0.0309. The van der Waals surface area contributed by atoms with Gasteiger partial charge in [-0.15, -0.1) is 0 Å². The average Bonchev–Trinajstić information content (AvgIpc) is 3.04. The van der Waals surface area contributed by atoms with Crippen molar-refractivity contribution >= 4 is 11.7 Å². The number of anilines is 1. The maximum atomic E-state index is 12.5. The van der Waals surface area contributed by atoms with Crippen molar-refractivity contribution in [3.63, 3.8) is 0 Å². The summed E-state index contributed by atoms with van der Waals surface area (Å²) in [6, 6.07) is 2.05. The number of hydrogen-bond donors (Lipinski definition) is 0. The number of carbonyl (C=O) groups is 1. The first-order valence-corrected chi connectivity index (χ1v) is 7.12. The molecule has 7 nitrogen and oxygen atoms in total. The Bertz CT molecular complexity index is 565. The molecule has 3 rings (SSSR count). The molecule has 0 aromatic carbocycles. The first kappa shape index (κ1) is 13.8. The monoisotopic (exact) mass is 287 g/mol. The van der Waals surface area contributed by atoms with Crippen molar-refractivity contribution in [1.29, 1.82) is 5.26 Å². The van der Waals surface area contributed by atoms with Crippen LogP contribution in [-0.2, 0) is 9.53 Å². The summed E-state index contributed by atoms with van der Waals surface area (Å²) in [6.07, 6.45) is 3.87. The molecule has 2 aliphatic heterocycles. The Kier molecular flexibility index (Phi) is 3.97. The van der Waals surface area contributed by atoms with Crippen LogP contribution in [0.5, 0.6) is 0 Å². The second-order valence-electron chi connectivity index (χ2n) is 5.21.